The van der Waals surface area contributed by atoms with Crippen LogP contribution in [0.4, 0.5) is 0 Å². The molecule has 1 amide bonds. The van der Waals surface area contributed by atoms with Gasteiger partial charge in [0.25, 0.3) is 0 Å². The van der Waals surface area contributed by atoms with Crippen LogP contribution in [0.25, 0.3) is 0 Å². The Bertz CT molecular complexity index is 778. The molecule has 4 nitrogen and oxygen atoms in total. The summed E-state index contributed by atoms with van der Waals surface area (Å²) in [5.74, 6) is 1.24. The van der Waals surface area contributed by atoms with Gasteiger partial charge in [0.1, 0.15) is 0 Å². The number of carbonyl (C=O) groups excluding carboxylic acids is 1. The number of nitrogens with zero attached hydrogens (tertiary/aromatic N) is 1. The molecule has 3 rings (SSSR count). The van der Waals surface area contributed by atoms with Gasteiger partial charge in [0.2, 0.25) is 5.91 Å². The van der Waals surface area contributed by atoms with Crippen LogP contribution in [0.15, 0.2) is 42.5 Å². The fourth-order valence-corrected chi connectivity index (χ4v) is 3.91. The minimum Gasteiger partial charge on any atom is -0.493 e. The maximum absolute atomic E-state index is 12.9. The quantitative estimate of drug-likeness (QED) is 0.747. The first-order chi connectivity index (χ1) is 12.6. The summed E-state index contributed by atoms with van der Waals surface area (Å²) in [6.07, 6.45) is 1.44. The Kier molecular flexibility index (Phi) is 5.72. The molecule has 0 spiro atoms. The van der Waals surface area contributed by atoms with E-state index in [0.717, 1.165) is 24.1 Å². The number of halogens is 1. The van der Waals surface area contributed by atoms with Crippen LogP contribution in [0, 0.1) is 5.92 Å². The highest BCUT2D eigenvalue weighted by atomic mass is 35.5. The Hall–Kier alpha value is -2.20. The number of carbonyl (C=O) groups is 1. The van der Waals surface area contributed by atoms with Crippen molar-refractivity contribution in [1.82, 2.24) is 4.90 Å². The summed E-state index contributed by atoms with van der Waals surface area (Å²) in [5, 5.41) is 0.522. The van der Waals surface area contributed by atoms with Crippen LogP contribution in [0.2, 0.25) is 5.02 Å². The van der Waals surface area contributed by atoms with Gasteiger partial charge in [-0.3, -0.25) is 4.79 Å². The van der Waals surface area contributed by atoms with Crippen LogP contribution in [-0.2, 0) is 11.2 Å². The second-order valence-electron chi connectivity index (χ2n) is 6.58. The number of rotatable bonds is 6. The number of hydrogen-bond acceptors (Lipinski definition) is 3. The van der Waals surface area contributed by atoms with Crippen LogP contribution in [0.5, 0.6) is 11.5 Å². The van der Waals surface area contributed by atoms with E-state index in [9.17, 15) is 4.79 Å². The Labute approximate surface area is 159 Å². The second-order valence-corrected chi connectivity index (χ2v) is 6.96. The van der Waals surface area contributed by atoms with Gasteiger partial charge < -0.3 is 14.4 Å². The highest BCUT2D eigenvalue weighted by Crippen LogP contribution is 2.39. The monoisotopic (exact) mass is 373 g/mol. The van der Waals surface area contributed by atoms with E-state index in [1.807, 2.05) is 35.2 Å². The van der Waals surface area contributed by atoms with Crippen LogP contribution in [-0.4, -0.2) is 31.6 Å². The van der Waals surface area contributed by atoms with E-state index in [0.29, 0.717) is 22.9 Å². The smallest absolute Gasteiger partial charge is 0.226 e. The van der Waals surface area contributed by atoms with Gasteiger partial charge in [0, 0.05) is 12.5 Å². The lowest BCUT2D eigenvalue weighted by Crippen LogP contribution is -2.30. The zero-order valence-electron chi connectivity index (χ0n) is 15.4. The van der Waals surface area contributed by atoms with E-state index in [1.54, 1.807) is 14.2 Å². The largest absolute Gasteiger partial charge is 0.493 e. The molecule has 2 atom stereocenters. The number of benzene rings is 2. The van der Waals surface area contributed by atoms with Crippen molar-refractivity contribution < 1.29 is 14.3 Å². The van der Waals surface area contributed by atoms with Gasteiger partial charge >= 0.3 is 0 Å². The van der Waals surface area contributed by atoms with Crippen LogP contribution in [0.1, 0.15) is 30.5 Å². The number of ether oxygens (including phenoxy) is 2. The molecule has 2 aromatic rings. The average molecular weight is 374 g/mol. The number of amides is 1. The summed E-state index contributed by atoms with van der Waals surface area (Å²) in [5.41, 5.74) is 2.07. The highest BCUT2D eigenvalue weighted by molar-refractivity contribution is 6.33. The third kappa shape index (κ3) is 3.51. The Balaban J connectivity index is 1.75. The minimum absolute atomic E-state index is 0.0586. The topological polar surface area (TPSA) is 38.8 Å². The summed E-state index contributed by atoms with van der Waals surface area (Å²) in [7, 11) is 3.15. The third-order valence-electron chi connectivity index (χ3n) is 5.13. The fourth-order valence-electron chi connectivity index (χ4n) is 3.60. The van der Waals surface area contributed by atoms with E-state index < -0.39 is 0 Å². The maximum Gasteiger partial charge on any atom is 0.226 e. The SMILES string of the molecule is COc1ccc(CC2CCN(C(C)c3ccccc3)C2=O)c(Cl)c1OC. The first-order valence-electron chi connectivity index (χ1n) is 8.81. The van der Waals surface area contributed by atoms with E-state index in [-0.39, 0.29) is 17.9 Å². The molecule has 1 heterocycles. The third-order valence-corrected chi connectivity index (χ3v) is 5.55. The average Bonchev–Trinajstić information content (AvgIpc) is 3.03. The normalized spacial score (nSPS) is 18.1. The molecule has 1 saturated heterocycles. The zero-order chi connectivity index (χ0) is 18.7. The van der Waals surface area contributed by atoms with Gasteiger partial charge in [-0.2, -0.15) is 0 Å². The van der Waals surface area contributed by atoms with Crippen molar-refractivity contribution in [2.45, 2.75) is 25.8 Å². The van der Waals surface area contributed by atoms with Crippen molar-refractivity contribution in [2.24, 2.45) is 5.92 Å². The molecule has 0 bridgehead atoms. The van der Waals surface area contributed by atoms with Crippen molar-refractivity contribution in [2.75, 3.05) is 20.8 Å². The van der Waals surface area contributed by atoms with Gasteiger partial charge in [0.05, 0.1) is 25.3 Å². The molecule has 2 unspecified atom stereocenters. The van der Waals surface area contributed by atoms with Gasteiger partial charge in [0.15, 0.2) is 11.5 Å². The molecule has 26 heavy (non-hydrogen) atoms. The summed E-state index contributed by atoms with van der Waals surface area (Å²) >= 11 is 6.48. The van der Waals surface area contributed by atoms with E-state index in [1.165, 1.54) is 0 Å². The van der Waals surface area contributed by atoms with E-state index in [2.05, 4.69) is 19.1 Å². The number of methoxy groups -OCH3 is 2. The molecule has 5 heteroatoms. The number of likely N-dealkylation sites (tertiary alicyclic amines) is 1. The zero-order valence-corrected chi connectivity index (χ0v) is 16.1. The molecule has 0 N–H and O–H groups in total. The Morgan fingerprint density at radius 2 is 1.88 bits per heavy atom. The Morgan fingerprint density at radius 3 is 2.54 bits per heavy atom. The first-order valence-corrected chi connectivity index (χ1v) is 9.19. The van der Waals surface area contributed by atoms with Crippen molar-refractivity contribution in [3.05, 3.63) is 58.6 Å². The van der Waals surface area contributed by atoms with Gasteiger partial charge in [-0.25, -0.2) is 0 Å². The van der Waals surface area contributed by atoms with E-state index in [4.69, 9.17) is 21.1 Å². The second kappa shape index (κ2) is 8.00. The molecule has 0 aromatic heterocycles. The van der Waals surface area contributed by atoms with Crippen LogP contribution in [0.3, 0.4) is 0 Å². The molecule has 138 valence electrons. The summed E-state index contributed by atoms with van der Waals surface area (Å²) in [6, 6.07) is 14.0. The minimum atomic E-state index is -0.0586. The maximum atomic E-state index is 12.9. The van der Waals surface area contributed by atoms with E-state index >= 15 is 0 Å². The molecular weight excluding hydrogens is 350 g/mol. The molecule has 0 aliphatic carbocycles. The Morgan fingerprint density at radius 1 is 1.15 bits per heavy atom. The van der Waals surface area contributed by atoms with Crippen molar-refractivity contribution in [3.8, 4) is 11.5 Å². The molecule has 1 fully saturated rings. The van der Waals surface area contributed by atoms with Gasteiger partial charge in [-0.15, -0.1) is 0 Å². The lowest BCUT2D eigenvalue weighted by atomic mass is 9.97. The predicted molar refractivity (Wildman–Crippen MR) is 103 cm³/mol. The molecule has 0 radical (unpaired) electrons. The molecule has 1 aliphatic rings. The molecule has 2 aromatic carbocycles. The lowest BCUT2D eigenvalue weighted by Gasteiger charge is -2.25. The summed E-state index contributed by atoms with van der Waals surface area (Å²) in [6.45, 7) is 2.85. The van der Waals surface area contributed by atoms with Crippen molar-refractivity contribution >= 4 is 17.5 Å². The number of hydrogen-bond donors (Lipinski definition) is 0. The summed E-state index contributed by atoms with van der Waals surface area (Å²) in [4.78, 5) is 14.9. The highest BCUT2D eigenvalue weighted by Gasteiger charge is 2.35. The lowest BCUT2D eigenvalue weighted by molar-refractivity contribution is -0.132. The first kappa shape index (κ1) is 18.6. The van der Waals surface area contributed by atoms with Crippen molar-refractivity contribution in [1.29, 1.82) is 0 Å². The standard InChI is InChI=1S/C21H24ClNO3/c1-14(15-7-5-4-6-8-15)23-12-11-17(21(23)24)13-16-9-10-18(25-2)20(26-3)19(16)22/h4-10,14,17H,11-13H2,1-3H3. The molecule has 1 aliphatic heterocycles. The fraction of sp³-hybridized carbons (Fsp3) is 0.381. The van der Waals surface area contributed by atoms with Crippen LogP contribution < -0.4 is 9.47 Å². The van der Waals surface area contributed by atoms with Crippen molar-refractivity contribution in [3.63, 3.8) is 0 Å². The molecule has 0 saturated carbocycles. The van der Waals surface area contributed by atoms with Crippen LogP contribution >= 0.6 is 11.6 Å². The molecular formula is C21H24ClNO3. The van der Waals surface area contributed by atoms with Gasteiger partial charge in [-0.05, 0) is 37.0 Å². The predicted octanol–water partition coefficient (Wildman–Crippen LogP) is 4.51. The summed E-state index contributed by atoms with van der Waals surface area (Å²) < 4.78 is 10.6. The van der Waals surface area contributed by atoms with Gasteiger partial charge in [-0.1, -0.05) is 48.0 Å².